The summed E-state index contributed by atoms with van der Waals surface area (Å²) in [5, 5.41) is 10.1. The van der Waals surface area contributed by atoms with Crippen molar-refractivity contribution in [2.45, 2.75) is 87.9 Å². The SMILES string of the molecule is CCCC(C)N1CC=C[C@]23S[C@H]4/C=C\CCCCOC(=O)[C@H]4[C@H]2C(=O)N([C@@H](CO)C(C)C)C3C1=O. The molecule has 4 aliphatic heterocycles. The smallest absolute Gasteiger partial charge is 0.311 e. The number of esters is 1. The van der Waals surface area contributed by atoms with E-state index in [4.69, 9.17) is 4.74 Å². The molecule has 0 bridgehead atoms. The van der Waals surface area contributed by atoms with Gasteiger partial charge in [0.05, 0.1) is 35.8 Å². The van der Waals surface area contributed by atoms with Gasteiger partial charge in [-0.3, -0.25) is 14.4 Å². The average Bonchev–Trinajstić information content (AvgIpc) is 3.20. The van der Waals surface area contributed by atoms with Gasteiger partial charge in [0.2, 0.25) is 11.8 Å². The van der Waals surface area contributed by atoms with Crippen LogP contribution in [0.2, 0.25) is 0 Å². The maximum Gasteiger partial charge on any atom is 0.311 e. The van der Waals surface area contributed by atoms with Gasteiger partial charge >= 0.3 is 5.97 Å². The zero-order valence-electron chi connectivity index (χ0n) is 21.4. The molecule has 0 aromatic heterocycles. The summed E-state index contributed by atoms with van der Waals surface area (Å²) >= 11 is 1.56. The van der Waals surface area contributed by atoms with E-state index in [0.29, 0.717) is 13.2 Å². The number of likely N-dealkylation sites (tertiary alicyclic amines) is 1. The van der Waals surface area contributed by atoms with Crippen LogP contribution in [0.4, 0.5) is 0 Å². The molecular weight excluding hydrogens is 464 g/mol. The number of hydrogen-bond donors (Lipinski definition) is 1. The summed E-state index contributed by atoms with van der Waals surface area (Å²) < 4.78 is 4.79. The number of ether oxygens (including phenoxy) is 1. The third-order valence-electron chi connectivity index (χ3n) is 8.12. The molecule has 0 aliphatic carbocycles. The second-order valence-corrected chi connectivity index (χ2v) is 12.2. The third-order valence-corrected chi connectivity index (χ3v) is 9.87. The standard InChI is InChI=1S/C27H40N2O5S/c1-5-11-18(4)28-14-10-13-27-22(21-20(35-27)12-8-6-7-9-15-34-26(21)33)24(31)29(23(27)25(28)32)19(16-30)17(2)3/h8,10,12-13,17-23,30H,5-7,9,11,14-16H2,1-4H3/b12-8-/t18?,19-,20-,21+,22-,23?,27-/m0/s1. The Morgan fingerprint density at radius 3 is 2.63 bits per heavy atom. The molecule has 0 saturated carbocycles. The van der Waals surface area contributed by atoms with Gasteiger partial charge in [-0.1, -0.05) is 51.5 Å². The summed E-state index contributed by atoms with van der Waals surface area (Å²) in [4.78, 5) is 45.4. The minimum atomic E-state index is -0.871. The Hall–Kier alpha value is -1.80. The van der Waals surface area contributed by atoms with Crippen molar-refractivity contribution in [1.82, 2.24) is 9.80 Å². The van der Waals surface area contributed by atoms with Crippen LogP contribution in [0.25, 0.3) is 0 Å². The molecule has 7 nitrogen and oxygen atoms in total. The summed E-state index contributed by atoms with van der Waals surface area (Å²) in [6, 6.07) is -1.23. The van der Waals surface area contributed by atoms with Crippen molar-refractivity contribution < 1.29 is 24.2 Å². The molecule has 2 saturated heterocycles. The van der Waals surface area contributed by atoms with Crippen LogP contribution in [0.1, 0.15) is 59.8 Å². The van der Waals surface area contributed by atoms with E-state index in [2.05, 4.69) is 26.0 Å². The average molecular weight is 505 g/mol. The van der Waals surface area contributed by atoms with Gasteiger partial charge in [0.15, 0.2) is 0 Å². The number of thioether (sulfide) groups is 1. The van der Waals surface area contributed by atoms with Crippen LogP contribution in [-0.2, 0) is 19.1 Å². The van der Waals surface area contributed by atoms with Gasteiger partial charge in [-0.2, -0.15) is 0 Å². The van der Waals surface area contributed by atoms with Crippen LogP contribution in [0.5, 0.6) is 0 Å². The number of carbonyl (C=O) groups excluding carboxylic acids is 3. The molecule has 35 heavy (non-hydrogen) atoms. The number of carbonyl (C=O) groups is 3. The largest absolute Gasteiger partial charge is 0.465 e. The molecule has 0 aromatic rings. The highest BCUT2D eigenvalue weighted by molar-refractivity contribution is 8.02. The molecule has 2 fully saturated rings. The Kier molecular flexibility index (Phi) is 8.01. The number of fused-ring (bicyclic) bond motifs is 2. The molecule has 2 amide bonds. The van der Waals surface area contributed by atoms with Crippen LogP contribution in [-0.4, -0.2) is 80.6 Å². The molecule has 7 atom stereocenters. The molecule has 1 N–H and O–H groups in total. The highest BCUT2D eigenvalue weighted by Crippen LogP contribution is 2.61. The Balaban J connectivity index is 1.85. The van der Waals surface area contributed by atoms with Crippen LogP contribution in [0, 0.1) is 17.8 Å². The van der Waals surface area contributed by atoms with Gasteiger partial charge in [0.1, 0.15) is 6.04 Å². The molecule has 1 spiro atoms. The molecular formula is C27H40N2O5S. The van der Waals surface area contributed by atoms with Crippen molar-refractivity contribution in [3.05, 3.63) is 24.3 Å². The first kappa shape index (κ1) is 26.3. The summed E-state index contributed by atoms with van der Waals surface area (Å²) in [5.41, 5.74) is 0. The first-order valence-electron chi connectivity index (χ1n) is 13.2. The second kappa shape index (κ2) is 10.7. The number of hydrogen-bond acceptors (Lipinski definition) is 6. The van der Waals surface area contributed by atoms with E-state index < -0.39 is 28.7 Å². The van der Waals surface area contributed by atoms with Crippen molar-refractivity contribution >= 4 is 29.5 Å². The van der Waals surface area contributed by atoms with Gasteiger partial charge in [0.25, 0.3) is 0 Å². The minimum Gasteiger partial charge on any atom is -0.465 e. The minimum absolute atomic E-state index is 0.0342. The zero-order chi connectivity index (χ0) is 25.3. The van der Waals surface area contributed by atoms with Crippen molar-refractivity contribution in [3.63, 3.8) is 0 Å². The van der Waals surface area contributed by atoms with E-state index in [1.807, 2.05) is 30.9 Å². The zero-order valence-corrected chi connectivity index (χ0v) is 22.2. The topological polar surface area (TPSA) is 87.2 Å². The van der Waals surface area contributed by atoms with Crippen molar-refractivity contribution in [2.75, 3.05) is 19.8 Å². The van der Waals surface area contributed by atoms with Crippen molar-refractivity contribution in [3.8, 4) is 0 Å². The fraction of sp³-hybridized carbons (Fsp3) is 0.741. The predicted octanol–water partition coefficient (Wildman–Crippen LogP) is 3.17. The van der Waals surface area contributed by atoms with Crippen molar-refractivity contribution in [1.29, 1.82) is 0 Å². The van der Waals surface area contributed by atoms with E-state index in [0.717, 1.165) is 32.1 Å². The van der Waals surface area contributed by atoms with E-state index in [-0.39, 0.29) is 41.6 Å². The van der Waals surface area contributed by atoms with Crippen LogP contribution >= 0.6 is 11.8 Å². The Morgan fingerprint density at radius 2 is 1.94 bits per heavy atom. The lowest BCUT2D eigenvalue weighted by Crippen LogP contribution is -2.58. The van der Waals surface area contributed by atoms with E-state index in [9.17, 15) is 19.5 Å². The number of cyclic esters (lactones) is 1. The first-order chi connectivity index (χ1) is 16.8. The lowest BCUT2D eigenvalue weighted by Gasteiger charge is -2.41. The number of aliphatic hydroxyl groups excluding tert-OH is 1. The Labute approximate surface area is 213 Å². The molecule has 0 radical (unpaired) electrons. The van der Waals surface area contributed by atoms with Gasteiger partial charge in [0, 0.05) is 17.8 Å². The van der Waals surface area contributed by atoms with E-state index in [1.54, 1.807) is 16.7 Å². The van der Waals surface area contributed by atoms with E-state index in [1.165, 1.54) is 0 Å². The predicted molar refractivity (Wildman–Crippen MR) is 137 cm³/mol. The second-order valence-electron chi connectivity index (χ2n) is 10.7. The first-order valence-corrected chi connectivity index (χ1v) is 14.1. The number of rotatable bonds is 6. The van der Waals surface area contributed by atoms with E-state index >= 15 is 0 Å². The summed E-state index contributed by atoms with van der Waals surface area (Å²) in [7, 11) is 0. The molecule has 4 aliphatic rings. The quantitative estimate of drug-likeness (QED) is 0.442. The van der Waals surface area contributed by atoms with Crippen LogP contribution in [0.3, 0.4) is 0 Å². The molecule has 194 valence electrons. The molecule has 4 rings (SSSR count). The monoisotopic (exact) mass is 504 g/mol. The fourth-order valence-electron chi connectivity index (χ4n) is 6.32. The molecule has 8 heteroatoms. The number of nitrogens with zero attached hydrogens (tertiary/aromatic N) is 2. The van der Waals surface area contributed by atoms with Crippen LogP contribution < -0.4 is 0 Å². The molecule has 2 unspecified atom stereocenters. The molecule has 0 aromatic carbocycles. The van der Waals surface area contributed by atoms with Crippen molar-refractivity contribution in [2.24, 2.45) is 17.8 Å². The molecule has 4 heterocycles. The van der Waals surface area contributed by atoms with Gasteiger partial charge in [-0.05, 0) is 38.5 Å². The number of aliphatic hydroxyl groups is 1. The third kappa shape index (κ3) is 4.45. The fourth-order valence-corrected chi connectivity index (χ4v) is 8.31. The Morgan fingerprint density at radius 1 is 1.17 bits per heavy atom. The lowest BCUT2D eigenvalue weighted by molar-refractivity contribution is -0.154. The Bertz CT molecular complexity index is 889. The maximum atomic E-state index is 14.3. The van der Waals surface area contributed by atoms with Gasteiger partial charge < -0.3 is 19.6 Å². The van der Waals surface area contributed by atoms with Gasteiger partial charge in [-0.15, -0.1) is 11.8 Å². The lowest BCUT2D eigenvalue weighted by atomic mass is 9.78. The summed E-state index contributed by atoms with van der Waals surface area (Å²) in [6.45, 7) is 8.68. The number of amides is 2. The van der Waals surface area contributed by atoms with Crippen LogP contribution in [0.15, 0.2) is 24.3 Å². The maximum absolute atomic E-state index is 14.3. The highest BCUT2D eigenvalue weighted by atomic mass is 32.2. The number of allylic oxidation sites excluding steroid dienone is 1. The highest BCUT2D eigenvalue weighted by Gasteiger charge is 2.71. The van der Waals surface area contributed by atoms with Gasteiger partial charge in [-0.25, -0.2) is 0 Å². The normalized spacial score (nSPS) is 35.8. The summed E-state index contributed by atoms with van der Waals surface area (Å²) in [5.74, 6) is -2.05. The summed E-state index contributed by atoms with van der Waals surface area (Å²) in [6.07, 6.45) is 12.7.